The standard InChI is InChI=1S/C24H37N3O2/c1-5-27-22(28)11-10-21(23(27)20-9-7-6-8-18(20)4)24(29)25-16-19-12-14-26(15-13-19)17(2)3/h6-9,17,19,21,23H,5,10-16H2,1-4H3,(H,25,29)/t21-,23+/m1/s1. The van der Waals surface area contributed by atoms with Crippen molar-refractivity contribution in [3.8, 4) is 0 Å². The third-order valence-corrected chi connectivity index (χ3v) is 6.84. The highest BCUT2D eigenvalue weighted by atomic mass is 16.2. The maximum absolute atomic E-state index is 13.2. The highest BCUT2D eigenvalue weighted by Crippen LogP contribution is 2.38. The lowest BCUT2D eigenvalue weighted by Gasteiger charge is -2.41. The van der Waals surface area contributed by atoms with Crippen LogP contribution in [0.5, 0.6) is 0 Å². The zero-order valence-corrected chi connectivity index (χ0v) is 18.5. The molecule has 5 heteroatoms. The minimum atomic E-state index is -0.176. The number of benzene rings is 1. The molecule has 0 bridgehead atoms. The largest absolute Gasteiger partial charge is 0.356 e. The van der Waals surface area contributed by atoms with Crippen LogP contribution in [0.1, 0.15) is 63.6 Å². The van der Waals surface area contributed by atoms with E-state index in [9.17, 15) is 9.59 Å². The summed E-state index contributed by atoms with van der Waals surface area (Å²) in [5, 5.41) is 3.25. The van der Waals surface area contributed by atoms with Gasteiger partial charge < -0.3 is 15.1 Å². The first-order valence-electron chi connectivity index (χ1n) is 11.3. The third kappa shape index (κ3) is 5.00. The van der Waals surface area contributed by atoms with Crippen molar-refractivity contribution < 1.29 is 9.59 Å². The molecular formula is C24H37N3O2. The van der Waals surface area contributed by atoms with Crippen LogP contribution in [0, 0.1) is 18.8 Å². The van der Waals surface area contributed by atoms with Gasteiger partial charge in [-0.2, -0.15) is 0 Å². The van der Waals surface area contributed by atoms with Gasteiger partial charge >= 0.3 is 0 Å². The topological polar surface area (TPSA) is 52.7 Å². The Balaban J connectivity index is 1.68. The Bertz CT molecular complexity index is 710. The van der Waals surface area contributed by atoms with Crippen LogP contribution >= 0.6 is 0 Å². The number of hydrogen-bond donors (Lipinski definition) is 1. The average Bonchev–Trinajstić information content (AvgIpc) is 2.72. The quantitative estimate of drug-likeness (QED) is 0.796. The van der Waals surface area contributed by atoms with Gasteiger partial charge in [0.2, 0.25) is 11.8 Å². The van der Waals surface area contributed by atoms with Crippen molar-refractivity contribution in [2.24, 2.45) is 11.8 Å². The van der Waals surface area contributed by atoms with E-state index in [4.69, 9.17) is 0 Å². The molecule has 29 heavy (non-hydrogen) atoms. The molecule has 0 saturated carbocycles. The first kappa shape index (κ1) is 21.8. The van der Waals surface area contributed by atoms with Gasteiger partial charge in [-0.1, -0.05) is 24.3 Å². The smallest absolute Gasteiger partial charge is 0.225 e. The summed E-state index contributed by atoms with van der Waals surface area (Å²) in [5.74, 6) is 0.643. The van der Waals surface area contributed by atoms with Gasteiger partial charge in [0.15, 0.2) is 0 Å². The zero-order chi connectivity index (χ0) is 21.0. The van der Waals surface area contributed by atoms with E-state index >= 15 is 0 Å². The number of nitrogens with zero attached hydrogens (tertiary/aromatic N) is 2. The Kier molecular flexibility index (Phi) is 7.33. The van der Waals surface area contributed by atoms with E-state index in [-0.39, 0.29) is 23.8 Å². The lowest BCUT2D eigenvalue weighted by molar-refractivity contribution is -0.143. The molecule has 0 aliphatic carbocycles. The summed E-state index contributed by atoms with van der Waals surface area (Å²) in [7, 11) is 0. The van der Waals surface area contributed by atoms with Gasteiger partial charge in [-0.3, -0.25) is 9.59 Å². The molecule has 2 heterocycles. The van der Waals surface area contributed by atoms with Crippen LogP contribution in [-0.4, -0.2) is 53.8 Å². The van der Waals surface area contributed by atoms with Crippen molar-refractivity contribution in [2.45, 2.75) is 65.5 Å². The molecule has 2 amide bonds. The molecule has 0 radical (unpaired) electrons. The number of piperidine rings is 2. The molecule has 0 unspecified atom stereocenters. The Hall–Kier alpha value is -1.88. The number of aryl methyl sites for hydroxylation is 1. The Labute approximate surface area is 175 Å². The normalized spacial score (nSPS) is 24.2. The van der Waals surface area contributed by atoms with Crippen LogP contribution in [0.25, 0.3) is 0 Å². The highest BCUT2D eigenvalue weighted by molar-refractivity contribution is 5.85. The zero-order valence-electron chi connectivity index (χ0n) is 18.5. The fraction of sp³-hybridized carbons (Fsp3) is 0.667. The predicted molar refractivity (Wildman–Crippen MR) is 116 cm³/mol. The minimum absolute atomic E-state index is 0.107. The van der Waals surface area contributed by atoms with Crippen LogP contribution in [0.4, 0.5) is 0 Å². The molecule has 0 spiro atoms. The minimum Gasteiger partial charge on any atom is -0.356 e. The summed E-state index contributed by atoms with van der Waals surface area (Å²) in [4.78, 5) is 30.2. The van der Waals surface area contributed by atoms with Crippen LogP contribution in [0.3, 0.4) is 0 Å². The SMILES string of the molecule is CCN1C(=O)CC[C@@H](C(=O)NCC2CCN(C(C)C)CC2)[C@@H]1c1ccccc1C. The van der Waals surface area contributed by atoms with Crippen molar-refractivity contribution in [2.75, 3.05) is 26.2 Å². The number of hydrogen-bond acceptors (Lipinski definition) is 3. The van der Waals surface area contributed by atoms with Crippen molar-refractivity contribution in [1.82, 2.24) is 15.1 Å². The molecule has 1 N–H and O–H groups in total. The lowest BCUT2D eigenvalue weighted by atomic mass is 9.82. The van der Waals surface area contributed by atoms with E-state index in [1.54, 1.807) is 0 Å². The average molecular weight is 400 g/mol. The first-order valence-corrected chi connectivity index (χ1v) is 11.3. The monoisotopic (exact) mass is 399 g/mol. The summed E-state index contributed by atoms with van der Waals surface area (Å²) in [5.41, 5.74) is 2.25. The van der Waals surface area contributed by atoms with Gasteiger partial charge in [0.1, 0.15) is 0 Å². The molecule has 1 aromatic rings. The summed E-state index contributed by atoms with van der Waals surface area (Å²) < 4.78 is 0. The fourth-order valence-corrected chi connectivity index (χ4v) is 4.95. The van der Waals surface area contributed by atoms with Gasteiger partial charge in [-0.15, -0.1) is 0 Å². The molecule has 2 aliphatic rings. The Morgan fingerprint density at radius 2 is 1.86 bits per heavy atom. The second-order valence-electron chi connectivity index (χ2n) is 8.94. The maximum Gasteiger partial charge on any atom is 0.225 e. The molecule has 160 valence electrons. The van der Waals surface area contributed by atoms with Crippen molar-refractivity contribution in [1.29, 1.82) is 0 Å². The van der Waals surface area contributed by atoms with Crippen molar-refractivity contribution >= 4 is 11.8 Å². The van der Waals surface area contributed by atoms with Crippen molar-refractivity contribution in [3.63, 3.8) is 0 Å². The number of amides is 2. The third-order valence-electron chi connectivity index (χ3n) is 6.84. The second kappa shape index (κ2) is 9.75. The second-order valence-corrected chi connectivity index (χ2v) is 8.94. The van der Waals surface area contributed by atoms with E-state index in [2.05, 4.69) is 43.1 Å². The highest BCUT2D eigenvalue weighted by Gasteiger charge is 2.40. The number of likely N-dealkylation sites (tertiary alicyclic amines) is 2. The maximum atomic E-state index is 13.2. The molecule has 5 nitrogen and oxygen atoms in total. The van der Waals surface area contributed by atoms with E-state index in [0.29, 0.717) is 31.3 Å². The van der Waals surface area contributed by atoms with Crippen LogP contribution in [0.15, 0.2) is 24.3 Å². The molecular weight excluding hydrogens is 362 g/mol. The Morgan fingerprint density at radius 1 is 1.17 bits per heavy atom. The summed E-state index contributed by atoms with van der Waals surface area (Å²) >= 11 is 0. The molecule has 2 aliphatic heterocycles. The fourth-order valence-electron chi connectivity index (χ4n) is 4.95. The lowest BCUT2D eigenvalue weighted by Crippen LogP contribution is -2.49. The molecule has 0 aromatic heterocycles. The molecule has 2 atom stereocenters. The summed E-state index contributed by atoms with van der Waals surface area (Å²) in [6.45, 7) is 12.2. The molecule has 2 saturated heterocycles. The van der Waals surface area contributed by atoms with Gasteiger partial charge in [-0.05, 0) is 77.1 Å². The summed E-state index contributed by atoms with van der Waals surface area (Å²) in [6.07, 6.45) is 3.38. The van der Waals surface area contributed by atoms with E-state index < -0.39 is 0 Å². The number of rotatable bonds is 6. The van der Waals surface area contributed by atoms with E-state index in [1.807, 2.05) is 24.0 Å². The van der Waals surface area contributed by atoms with Gasteiger partial charge in [0.05, 0.1) is 12.0 Å². The van der Waals surface area contributed by atoms with E-state index in [0.717, 1.165) is 43.6 Å². The molecule has 3 rings (SSSR count). The molecule has 2 fully saturated rings. The summed E-state index contributed by atoms with van der Waals surface area (Å²) in [6, 6.07) is 8.60. The number of carbonyl (C=O) groups is 2. The van der Waals surface area contributed by atoms with Crippen LogP contribution < -0.4 is 5.32 Å². The predicted octanol–water partition coefficient (Wildman–Crippen LogP) is 3.53. The van der Waals surface area contributed by atoms with Crippen LogP contribution in [-0.2, 0) is 9.59 Å². The Morgan fingerprint density at radius 3 is 2.48 bits per heavy atom. The number of carbonyl (C=O) groups excluding carboxylic acids is 2. The van der Waals surface area contributed by atoms with Crippen molar-refractivity contribution in [3.05, 3.63) is 35.4 Å². The first-order chi connectivity index (χ1) is 13.9. The van der Waals surface area contributed by atoms with Gasteiger partial charge in [0.25, 0.3) is 0 Å². The van der Waals surface area contributed by atoms with Gasteiger partial charge in [-0.25, -0.2) is 0 Å². The van der Waals surface area contributed by atoms with E-state index in [1.165, 1.54) is 0 Å². The molecule has 1 aromatic carbocycles. The number of nitrogens with one attached hydrogen (secondary N) is 1. The van der Waals surface area contributed by atoms with Crippen LogP contribution in [0.2, 0.25) is 0 Å². The van der Waals surface area contributed by atoms with Gasteiger partial charge in [0, 0.05) is 25.6 Å².